The molecule has 0 bridgehead atoms. The lowest BCUT2D eigenvalue weighted by Crippen LogP contribution is -2.37. The van der Waals surface area contributed by atoms with Gasteiger partial charge in [-0.25, -0.2) is 0 Å². The van der Waals surface area contributed by atoms with Crippen molar-refractivity contribution in [2.45, 2.75) is 51.5 Å². The van der Waals surface area contributed by atoms with Crippen LogP contribution in [-0.4, -0.2) is 18.6 Å². The number of hydrogen-bond donors (Lipinski definition) is 1. The third-order valence-electron chi connectivity index (χ3n) is 3.72. The van der Waals surface area contributed by atoms with Crippen molar-refractivity contribution in [3.63, 3.8) is 0 Å². The Bertz CT molecular complexity index is 454. The number of benzene rings is 1. The van der Waals surface area contributed by atoms with Crippen LogP contribution in [0.25, 0.3) is 0 Å². The minimum Gasteiger partial charge on any atom is -0.484 e. The monoisotopic (exact) mass is 295 g/mol. The summed E-state index contributed by atoms with van der Waals surface area (Å²) in [6.45, 7) is 1.98. The zero-order chi connectivity index (χ0) is 14.4. The molecular formula is C16H22ClNO2. The predicted molar refractivity (Wildman–Crippen MR) is 81.3 cm³/mol. The molecule has 1 aliphatic carbocycles. The van der Waals surface area contributed by atoms with Gasteiger partial charge in [0, 0.05) is 11.1 Å². The molecule has 1 aliphatic rings. The predicted octanol–water partition coefficient (Wildman–Crippen LogP) is 3.87. The molecule has 0 unspecified atom stereocenters. The van der Waals surface area contributed by atoms with Gasteiger partial charge in [0.25, 0.3) is 5.91 Å². The average molecular weight is 296 g/mol. The molecule has 0 aliphatic heterocycles. The first-order valence-corrected chi connectivity index (χ1v) is 7.71. The molecule has 0 radical (unpaired) electrons. The van der Waals surface area contributed by atoms with E-state index < -0.39 is 0 Å². The molecule has 1 aromatic rings. The van der Waals surface area contributed by atoms with E-state index in [2.05, 4.69) is 5.32 Å². The lowest BCUT2D eigenvalue weighted by atomic mass is 10.1. The summed E-state index contributed by atoms with van der Waals surface area (Å²) in [5.74, 6) is 0.646. The number of amides is 1. The number of aryl methyl sites for hydroxylation is 1. The van der Waals surface area contributed by atoms with Crippen LogP contribution < -0.4 is 10.1 Å². The van der Waals surface area contributed by atoms with E-state index >= 15 is 0 Å². The Balaban J connectivity index is 1.77. The van der Waals surface area contributed by atoms with E-state index in [1.807, 2.05) is 13.0 Å². The highest BCUT2D eigenvalue weighted by atomic mass is 35.5. The quantitative estimate of drug-likeness (QED) is 0.857. The topological polar surface area (TPSA) is 38.3 Å². The van der Waals surface area contributed by atoms with Crippen LogP contribution in [0.4, 0.5) is 0 Å². The molecule has 2 rings (SSSR count). The van der Waals surface area contributed by atoms with E-state index in [0.29, 0.717) is 16.8 Å². The Morgan fingerprint density at radius 2 is 2.00 bits per heavy atom. The van der Waals surface area contributed by atoms with E-state index in [-0.39, 0.29) is 12.5 Å². The molecule has 4 heteroatoms. The molecule has 0 atom stereocenters. The van der Waals surface area contributed by atoms with E-state index in [4.69, 9.17) is 16.3 Å². The molecule has 1 saturated carbocycles. The highest BCUT2D eigenvalue weighted by molar-refractivity contribution is 6.31. The van der Waals surface area contributed by atoms with Crippen LogP contribution in [0.1, 0.15) is 44.1 Å². The van der Waals surface area contributed by atoms with Crippen LogP contribution in [0.3, 0.4) is 0 Å². The van der Waals surface area contributed by atoms with Crippen molar-refractivity contribution in [3.8, 4) is 5.75 Å². The molecule has 0 aromatic heterocycles. The number of halogens is 1. The summed E-state index contributed by atoms with van der Waals surface area (Å²) in [7, 11) is 0. The lowest BCUT2D eigenvalue weighted by Gasteiger charge is -2.16. The first kappa shape index (κ1) is 15.2. The van der Waals surface area contributed by atoms with E-state index in [1.165, 1.54) is 25.7 Å². The van der Waals surface area contributed by atoms with Gasteiger partial charge >= 0.3 is 0 Å². The van der Waals surface area contributed by atoms with Gasteiger partial charge in [-0.15, -0.1) is 0 Å². The fraction of sp³-hybridized carbons (Fsp3) is 0.562. The molecule has 1 amide bonds. The van der Waals surface area contributed by atoms with Gasteiger partial charge in [0.2, 0.25) is 0 Å². The summed E-state index contributed by atoms with van der Waals surface area (Å²) < 4.78 is 5.51. The van der Waals surface area contributed by atoms with Crippen LogP contribution in [0.2, 0.25) is 5.02 Å². The highest BCUT2D eigenvalue weighted by Crippen LogP contribution is 2.21. The highest BCUT2D eigenvalue weighted by Gasteiger charge is 2.14. The standard InChI is InChI=1S/C16H22ClNO2/c1-12-10-14(8-9-15(12)17)20-11-16(19)18-13-6-4-2-3-5-7-13/h8-10,13H,2-7,11H2,1H3,(H,18,19). The van der Waals surface area contributed by atoms with E-state index in [0.717, 1.165) is 18.4 Å². The lowest BCUT2D eigenvalue weighted by molar-refractivity contribution is -0.123. The molecule has 1 aromatic carbocycles. The number of carbonyl (C=O) groups excluding carboxylic acids is 1. The van der Waals surface area contributed by atoms with Gasteiger partial charge in [-0.1, -0.05) is 37.3 Å². The summed E-state index contributed by atoms with van der Waals surface area (Å²) >= 11 is 5.95. The Morgan fingerprint density at radius 1 is 1.30 bits per heavy atom. The van der Waals surface area contributed by atoms with Crippen molar-refractivity contribution in [1.82, 2.24) is 5.32 Å². The zero-order valence-corrected chi connectivity index (χ0v) is 12.7. The second-order valence-electron chi connectivity index (χ2n) is 5.46. The Labute approximate surface area is 125 Å². The third-order valence-corrected chi connectivity index (χ3v) is 4.14. The summed E-state index contributed by atoms with van der Waals surface area (Å²) in [6.07, 6.45) is 7.17. The Kier molecular flexibility index (Phi) is 5.72. The van der Waals surface area contributed by atoms with E-state index in [9.17, 15) is 4.79 Å². The Hall–Kier alpha value is -1.22. The van der Waals surface area contributed by atoms with Crippen molar-refractivity contribution in [3.05, 3.63) is 28.8 Å². The van der Waals surface area contributed by atoms with Crippen molar-refractivity contribution in [2.24, 2.45) is 0 Å². The van der Waals surface area contributed by atoms with Gasteiger partial charge in [-0.3, -0.25) is 4.79 Å². The number of hydrogen-bond acceptors (Lipinski definition) is 2. The largest absolute Gasteiger partial charge is 0.484 e. The third kappa shape index (κ3) is 4.71. The average Bonchev–Trinajstić information content (AvgIpc) is 2.69. The van der Waals surface area contributed by atoms with Crippen LogP contribution in [0.15, 0.2) is 18.2 Å². The number of carbonyl (C=O) groups is 1. The van der Waals surface area contributed by atoms with Gasteiger partial charge in [0.1, 0.15) is 5.75 Å². The SMILES string of the molecule is Cc1cc(OCC(=O)NC2CCCCCC2)ccc1Cl. The summed E-state index contributed by atoms with van der Waals surface area (Å²) in [4.78, 5) is 11.9. The summed E-state index contributed by atoms with van der Waals surface area (Å²) in [6, 6.07) is 5.74. The fourth-order valence-electron chi connectivity index (χ4n) is 2.55. The molecular weight excluding hydrogens is 274 g/mol. The van der Waals surface area contributed by atoms with Crippen molar-refractivity contribution in [1.29, 1.82) is 0 Å². The molecule has 0 heterocycles. The molecule has 3 nitrogen and oxygen atoms in total. The van der Waals surface area contributed by atoms with Crippen molar-refractivity contribution < 1.29 is 9.53 Å². The van der Waals surface area contributed by atoms with Crippen LogP contribution in [-0.2, 0) is 4.79 Å². The number of rotatable bonds is 4. The first-order valence-electron chi connectivity index (χ1n) is 7.33. The Morgan fingerprint density at radius 3 is 2.65 bits per heavy atom. The summed E-state index contributed by atoms with van der Waals surface area (Å²) in [5, 5.41) is 3.77. The molecule has 1 fully saturated rings. The minimum absolute atomic E-state index is 0.0375. The minimum atomic E-state index is -0.0375. The zero-order valence-electron chi connectivity index (χ0n) is 12.0. The normalized spacial score (nSPS) is 16.5. The van der Waals surface area contributed by atoms with Gasteiger partial charge < -0.3 is 10.1 Å². The summed E-state index contributed by atoms with van der Waals surface area (Å²) in [5.41, 5.74) is 0.952. The maximum atomic E-state index is 11.9. The van der Waals surface area contributed by atoms with Gasteiger partial charge in [-0.05, 0) is 43.5 Å². The second kappa shape index (κ2) is 7.53. The number of ether oxygens (including phenoxy) is 1. The molecule has 20 heavy (non-hydrogen) atoms. The molecule has 110 valence electrons. The van der Waals surface area contributed by atoms with Crippen molar-refractivity contribution in [2.75, 3.05) is 6.61 Å². The van der Waals surface area contributed by atoms with Crippen LogP contribution in [0.5, 0.6) is 5.75 Å². The van der Waals surface area contributed by atoms with Crippen LogP contribution in [0, 0.1) is 6.92 Å². The molecule has 0 saturated heterocycles. The molecule has 0 spiro atoms. The molecule has 1 N–H and O–H groups in total. The fourth-order valence-corrected chi connectivity index (χ4v) is 2.67. The van der Waals surface area contributed by atoms with Gasteiger partial charge in [0.15, 0.2) is 6.61 Å². The number of nitrogens with one attached hydrogen (secondary N) is 1. The van der Waals surface area contributed by atoms with Gasteiger partial charge in [0.05, 0.1) is 0 Å². The van der Waals surface area contributed by atoms with Crippen molar-refractivity contribution >= 4 is 17.5 Å². The van der Waals surface area contributed by atoms with E-state index in [1.54, 1.807) is 12.1 Å². The maximum Gasteiger partial charge on any atom is 0.258 e. The van der Waals surface area contributed by atoms with Crippen LogP contribution >= 0.6 is 11.6 Å². The smallest absolute Gasteiger partial charge is 0.258 e. The first-order chi connectivity index (χ1) is 9.65. The maximum absolute atomic E-state index is 11.9. The van der Waals surface area contributed by atoms with Gasteiger partial charge in [-0.2, -0.15) is 0 Å². The second-order valence-corrected chi connectivity index (χ2v) is 5.86.